The summed E-state index contributed by atoms with van der Waals surface area (Å²) in [6.45, 7) is 0. The lowest BCUT2D eigenvalue weighted by molar-refractivity contribution is 0.684. The maximum atomic E-state index is 11.3. The highest BCUT2D eigenvalue weighted by atomic mass is 127. The molecule has 1 aromatic rings. The van der Waals surface area contributed by atoms with Crippen molar-refractivity contribution in [1.29, 1.82) is 0 Å². The first-order valence-electron chi connectivity index (χ1n) is 3.40. The summed E-state index contributed by atoms with van der Waals surface area (Å²) in [6.07, 6.45) is 3.26. The largest absolute Gasteiger partial charge is 0.250 e. The van der Waals surface area contributed by atoms with Gasteiger partial charge in [-0.1, -0.05) is 0 Å². The molecule has 0 unspecified atom stereocenters. The molecular weight excluding hydrogens is 285 g/mol. The summed E-state index contributed by atoms with van der Waals surface area (Å²) in [4.78, 5) is 0. The van der Waals surface area contributed by atoms with Crippen molar-refractivity contribution in [3.05, 3.63) is 27.8 Å². The Balaban J connectivity index is 3.08. The van der Waals surface area contributed by atoms with Gasteiger partial charge in [0.2, 0.25) is 0 Å². The number of rotatable bonds is 1. The molecule has 1 rings (SSSR count). The minimum absolute atomic E-state index is 0.783. The number of benzene rings is 1. The summed E-state index contributed by atoms with van der Waals surface area (Å²) >= 11 is 2.22. The van der Waals surface area contributed by atoms with Gasteiger partial charge in [-0.3, -0.25) is 0 Å². The van der Waals surface area contributed by atoms with Crippen LogP contribution in [0.2, 0.25) is 0 Å². The minimum Gasteiger partial charge on any atom is -0.250 e. The van der Waals surface area contributed by atoms with Crippen molar-refractivity contribution >= 4 is 38.0 Å². The van der Waals surface area contributed by atoms with E-state index < -0.39 is 9.73 Å². The molecule has 2 nitrogen and oxygen atoms in total. The smallest absolute Gasteiger partial charge is 0.0730 e. The van der Waals surface area contributed by atoms with E-state index in [0.717, 1.165) is 9.26 Å². The van der Waals surface area contributed by atoms with E-state index in [2.05, 4.69) is 27.0 Å². The normalized spacial score (nSPS) is 11.2. The SMILES string of the molecule is CS(C)(=O)=Nc1ccc(I)cc1. The lowest BCUT2D eigenvalue weighted by Gasteiger charge is -1.96. The molecule has 0 saturated carbocycles. The molecule has 0 aliphatic heterocycles. The molecule has 0 aromatic heterocycles. The summed E-state index contributed by atoms with van der Waals surface area (Å²) in [5, 5.41) is 0. The Hall–Kier alpha value is -0.100. The minimum atomic E-state index is -2.02. The molecule has 4 heteroatoms. The van der Waals surface area contributed by atoms with Crippen LogP contribution in [0, 0.1) is 3.57 Å². The third-order valence-electron chi connectivity index (χ3n) is 1.15. The van der Waals surface area contributed by atoms with Crippen molar-refractivity contribution < 1.29 is 4.21 Å². The first-order valence-corrected chi connectivity index (χ1v) is 6.81. The van der Waals surface area contributed by atoms with Crippen molar-refractivity contribution in [3.8, 4) is 0 Å². The fraction of sp³-hybridized carbons (Fsp3) is 0.250. The van der Waals surface area contributed by atoms with Gasteiger partial charge in [0.25, 0.3) is 0 Å². The number of nitrogens with zero attached hydrogens (tertiary/aromatic N) is 1. The van der Waals surface area contributed by atoms with E-state index in [-0.39, 0.29) is 0 Å². The summed E-state index contributed by atoms with van der Waals surface area (Å²) < 4.78 is 16.5. The van der Waals surface area contributed by atoms with Gasteiger partial charge in [-0.15, -0.1) is 0 Å². The average molecular weight is 295 g/mol. The Bertz CT molecular complexity index is 369. The van der Waals surface area contributed by atoms with Crippen LogP contribution >= 0.6 is 22.6 Å². The summed E-state index contributed by atoms with van der Waals surface area (Å²) in [7, 11) is -2.02. The molecule has 0 N–H and O–H groups in total. The number of hydrogen-bond acceptors (Lipinski definition) is 2. The Morgan fingerprint density at radius 2 is 1.75 bits per heavy atom. The lowest BCUT2D eigenvalue weighted by atomic mass is 10.3. The van der Waals surface area contributed by atoms with Crippen LogP contribution in [0.4, 0.5) is 5.69 Å². The van der Waals surface area contributed by atoms with E-state index in [0.29, 0.717) is 0 Å². The molecule has 0 bridgehead atoms. The van der Waals surface area contributed by atoms with E-state index in [1.807, 2.05) is 24.3 Å². The van der Waals surface area contributed by atoms with Gasteiger partial charge in [-0.05, 0) is 46.9 Å². The second-order valence-corrected chi connectivity index (χ2v) is 6.54. The third-order valence-corrected chi connectivity index (χ3v) is 2.52. The van der Waals surface area contributed by atoms with Gasteiger partial charge in [0.15, 0.2) is 0 Å². The maximum absolute atomic E-state index is 11.3. The summed E-state index contributed by atoms with van der Waals surface area (Å²) in [6, 6.07) is 7.64. The van der Waals surface area contributed by atoms with E-state index in [9.17, 15) is 4.21 Å². The fourth-order valence-electron chi connectivity index (χ4n) is 0.756. The number of halogens is 1. The molecule has 0 aliphatic rings. The Kier molecular flexibility index (Phi) is 3.11. The molecule has 0 atom stereocenters. The van der Waals surface area contributed by atoms with Crippen LogP contribution < -0.4 is 0 Å². The standard InChI is InChI=1S/C8H10INOS/c1-12(2,11)10-8-5-3-7(9)4-6-8/h3-6H,1-2H3. The second-order valence-electron chi connectivity index (χ2n) is 2.75. The van der Waals surface area contributed by atoms with Gasteiger partial charge in [0.05, 0.1) is 5.69 Å². The highest BCUT2D eigenvalue weighted by Gasteiger charge is 1.92. The average Bonchev–Trinajstić information content (AvgIpc) is 1.91. The first kappa shape index (κ1) is 9.98. The van der Waals surface area contributed by atoms with Crippen LogP contribution in [0.25, 0.3) is 0 Å². The predicted molar refractivity (Wildman–Crippen MR) is 61.2 cm³/mol. The van der Waals surface area contributed by atoms with Crippen molar-refractivity contribution in [3.63, 3.8) is 0 Å². The molecule has 0 spiro atoms. The molecule has 0 aliphatic carbocycles. The molecule has 66 valence electrons. The van der Waals surface area contributed by atoms with Gasteiger partial charge in [-0.2, -0.15) is 4.36 Å². The fourth-order valence-corrected chi connectivity index (χ4v) is 1.74. The van der Waals surface area contributed by atoms with Crippen molar-refractivity contribution in [2.45, 2.75) is 0 Å². The number of hydrogen-bond donors (Lipinski definition) is 0. The quantitative estimate of drug-likeness (QED) is 0.732. The molecule has 1 aromatic carbocycles. The topological polar surface area (TPSA) is 29.4 Å². The summed E-state index contributed by atoms with van der Waals surface area (Å²) in [5.74, 6) is 0. The van der Waals surface area contributed by atoms with Crippen LogP contribution in [0.3, 0.4) is 0 Å². The molecule has 12 heavy (non-hydrogen) atoms. The van der Waals surface area contributed by atoms with E-state index >= 15 is 0 Å². The highest BCUT2D eigenvalue weighted by molar-refractivity contribution is 14.1. The molecule has 0 fully saturated rings. The maximum Gasteiger partial charge on any atom is 0.0730 e. The van der Waals surface area contributed by atoms with E-state index in [1.54, 1.807) is 12.5 Å². The molecule has 0 radical (unpaired) electrons. The zero-order valence-electron chi connectivity index (χ0n) is 6.95. The van der Waals surface area contributed by atoms with E-state index in [1.165, 1.54) is 0 Å². The zero-order chi connectivity index (χ0) is 9.19. The first-order chi connectivity index (χ1) is 5.47. The molecule has 0 saturated heterocycles. The van der Waals surface area contributed by atoms with Gasteiger partial charge < -0.3 is 0 Å². The van der Waals surface area contributed by atoms with Crippen LogP contribution in [0.15, 0.2) is 28.6 Å². The second kappa shape index (κ2) is 3.74. The van der Waals surface area contributed by atoms with Crippen molar-refractivity contribution in [2.75, 3.05) is 12.5 Å². The van der Waals surface area contributed by atoms with Gasteiger partial charge >= 0.3 is 0 Å². The lowest BCUT2D eigenvalue weighted by Crippen LogP contribution is -1.88. The molecule has 0 heterocycles. The van der Waals surface area contributed by atoms with Crippen LogP contribution in [-0.4, -0.2) is 16.7 Å². The third kappa shape index (κ3) is 3.53. The van der Waals surface area contributed by atoms with Crippen LogP contribution in [-0.2, 0) is 9.73 Å². The molecule has 0 amide bonds. The van der Waals surface area contributed by atoms with Crippen LogP contribution in [0.5, 0.6) is 0 Å². The van der Waals surface area contributed by atoms with Gasteiger partial charge in [0.1, 0.15) is 0 Å². The Morgan fingerprint density at radius 1 is 1.25 bits per heavy atom. The monoisotopic (exact) mass is 295 g/mol. The molecular formula is C8H10INOS. The van der Waals surface area contributed by atoms with Crippen molar-refractivity contribution in [2.24, 2.45) is 4.36 Å². The predicted octanol–water partition coefficient (Wildman–Crippen LogP) is 2.65. The Labute approximate surface area is 86.7 Å². The zero-order valence-corrected chi connectivity index (χ0v) is 9.93. The van der Waals surface area contributed by atoms with Gasteiger partial charge in [0, 0.05) is 25.8 Å². The Morgan fingerprint density at radius 3 is 2.17 bits per heavy atom. The summed E-state index contributed by atoms with van der Waals surface area (Å²) in [5.41, 5.74) is 0.783. The van der Waals surface area contributed by atoms with Crippen molar-refractivity contribution in [1.82, 2.24) is 0 Å². The van der Waals surface area contributed by atoms with Crippen LogP contribution in [0.1, 0.15) is 0 Å². The van der Waals surface area contributed by atoms with Gasteiger partial charge in [-0.25, -0.2) is 4.21 Å². The van der Waals surface area contributed by atoms with E-state index in [4.69, 9.17) is 0 Å². The highest BCUT2D eigenvalue weighted by Crippen LogP contribution is 2.15.